The lowest BCUT2D eigenvalue weighted by atomic mass is 9.97. The van der Waals surface area contributed by atoms with Crippen LogP contribution in [0.2, 0.25) is 0 Å². The number of anilines is 2. The number of rotatable bonds is 5. The van der Waals surface area contributed by atoms with Crippen LogP contribution in [0.15, 0.2) is 24.8 Å². The highest BCUT2D eigenvalue weighted by molar-refractivity contribution is 6.02. The fourth-order valence-corrected chi connectivity index (χ4v) is 3.34. The van der Waals surface area contributed by atoms with E-state index in [1.807, 2.05) is 0 Å². The fraction of sp³-hybridized carbons (Fsp3) is 0.222. The van der Waals surface area contributed by atoms with Crippen LogP contribution in [0.1, 0.15) is 12.5 Å². The van der Waals surface area contributed by atoms with Gasteiger partial charge < -0.3 is 14.6 Å². The number of alkyl halides is 3. The minimum atomic E-state index is -4.98. The summed E-state index contributed by atoms with van der Waals surface area (Å²) in [6.45, 7) is 1.98. The number of aromatic amines is 1. The van der Waals surface area contributed by atoms with Crippen molar-refractivity contribution in [1.82, 2.24) is 24.6 Å². The summed E-state index contributed by atoms with van der Waals surface area (Å²) in [5, 5.41) is 8.87. The monoisotopic (exact) mass is 421 g/mol. The molecule has 1 amide bonds. The Kier molecular flexibility index (Phi) is 4.56. The molecule has 0 unspecified atom stereocenters. The molecule has 4 aromatic rings. The molecule has 3 aromatic heterocycles. The molecular weight excluding hydrogens is 406 g/mol. The largest absolute Gasteiger partial charge is 0.419 e. The first-order chi connectivity index (χ1) is 14.3. The third-order valence-electron chi connectivity index (χ3n) is 4.77. The topological polar surface area (TPSA) is 91.2 Å². The van der Waals surface area contributed by atoms with E-state index in [0.717, 1.165) is 0 Å². The number of carbonyl (C=O) groups excluding carboxylic acids is 1. The zero-order valence-corrected chi connectivity index (χ0v) is 15.8. The van der Waals surface area contributed by atoms with E-state index in [9.17, 15) is 18.0 Å². The van der Waals surface area contributed by atoms with Crippen molar-refractivity contribution >= 4 is 34.5 Å². The molecule has 0 bridgehead atoms. The highest BCUT2D eigenvalue weighted by atomic mass is 19.4. The van der Waals surface area contributed by atoms with Crippen LogP contribution in [-0.4, -0.2) is 44.6 Å². The average Bonchev–Trinajstić information content (AvgIpc) is 3.31. The van der Waals surface area contributed by atoms with E-state index in [0.29, 0.717) is 12.1 Å². The van der Waals surface area contributed by atoms with Crippen LogP contribution in [0.25, 0.3) is 27.8 Å². The fourth-order valence-electron chi connectivity index (χ4n) is 3.34. The number of amides is 1. The molecule has 0 aliphatic carbocycles. The molecule has 8 nitrogen and oxygen atoms in total. The van der Waals surface area contributed by atoms with Crippen LogP contribution < -0.4 is 10.2 Å². The molecule has 3 heterocycles. The van der Waals surface area contributed by atoms with Crippen molar-refractivity contribution in [2.24, 2.45) is 0 Å². The second-order valence-electron chi connectivity index (χ2n) is 6.51. The first-order valence-corrected chi connectivity index (χ1v) is 8.78. The molecule has 2 N–H and O–H groups in total. The molecule has 0 atom stereocenters. The van der Waals surface area contributed by atoms with E-state index in [1.165, 1.54) is 41.1 Å². The van der Waals surface area contributed by atoms with Crippen LogP contribution in [0.5, 0.6) is 0 Å². The van der Waals surface area contributed by atoms with Crippen LogP contribution in [-0.2, 0) is 11.0 Å². The van der Waals surface area contributed by atoms with Crippen molar-refractivity contribution < 1.29 is 22.4 Å². The van der Waals surface area contributed by atoms with Gasteiger partial charge in [-0.1, -0.05) is 0 Å². The Morgan fingerprint density at radius 3 is 2.73 bits per heavy atom. The van der Waals surface area contributed by atoms with E-state index < -0.39 is 23.1 Å². The summed E-state index contributed by atoms with van der Waals surface area (Å²) in [7, 11) is 1.50. The standard InChI is InChI=1S/C18H15F4N7O/c1-3-28(2)17-15(19)14(18(20,21)22)13(9-4-25-27-16(9)17)10-6-29-7-11(24-8-30)26-12(29)5-23-10/h4-8H,3H2,1-2H3,(H,24,30)(H,25,27). The molecule has 30 heavy (non-hydrogen) atoms. The Balaban J connectivity index is 2.06. The number of hydrogen-bond acceptors (Lipinski definition) is 5. The van der Waals surface area contributed by atoms with Crippen LogP contribution in [0, 0.1) is 5.82 Å². The first-order valence-electron chi connectivity index (χ1n) is 8.78. The molecule has 0 saturated heterocycles. The zero-order chi connectivity index (χ0) is 21.6. The number of halogens is 4. The van der Waals surface area contributed by atoms with Crippen LogP contribution in [0.4, 0.5) is 29.1 Å². The predicted molar refractivity (Wildman–Crippen MR) is 102 cm³/mol. The Labute approximate surface area is 166 Å². The number of imidazole rings is 1. The normalized spacial score (nSPS) is 11.9. The summed E-state index contributed by atoms with van der Waals surface area (Å²) < 4.78 is 58.7. The number of aromatic nitrogens is 5. The van der Waals surface area contributed by atoms with Gasteiger partial charge in [0.1, 0.15) is 5.56 Å². The predicted octanol–water partition coefficient (Wildman–Crippen LogP) is 3.45. The van der Waals surface area contributed by atoms with Gasteiger partial charge >= 0.3 is 6.18 Å². The molecule has 0 aliphatic rings. The lowest BCUT2D eigenvalue weighted by Crippen LogP contribution is -2.21. The number of benzene rings is 1. The Bertz CT molecular complexity index is 1260. The van der Waals surface area contributed by atoms with Crippen molar-refractivity contribution in [1.29, 1.82) is 0 Å². The van der Waals surface area contributed by atoms with E-state index >= 15 is 4.39 Å². The van der Waals surface area contributed by atoms with Gasteiger partial charge in [0.2, 0.25) is 6.41 Å². The second kappa shape index (κ2) is 6.97. The average molecular weight is 421 g/mol. The molecule has 156 valence electrons. The molecule has 4 rings (SSSR count). The first kappa shape index (κ1) is 19.6. The third kappa shape index (κ3) is 3.00. The highest BCUT2D eigenvalue weighted by Crippen LogP contribution is 2.46. The van der Waals surface area contributed by atoms with E-state index in [-0.39, 0.29) is 34.6 Å². The Hall–Kier alpha value is -3.70. The molecule has 1 aromatic carbocycles. The molecule has 12 heteroatoms. The maximum Gasteiger partial charge on any atom is 0.419 e. The second-order valence-corrected chi connectivity index (χ2v) is 6.51. The summed E-state index contributed by atoms with van der Waals surface area (Å²) in [5.41, 5.74) is -1.77. The van der Waals surface area contributed by atoms with Crippen molar-refractivity contribution in [3.63, 3.8) is 0 Å². The summed E-state index contributed by atoms with van der Waals surface area (Å²) in [6, 6.07) is 0. The van der Waals surface area contributed by atoms with E-state index in [2.05, 4.69) is 25.5 Å². The lowest BCUT2D eigenvalue weighted by molar-refractivity contribution is -0.139. The summed E-state index contributed by atoms with van der Waals surface area (Å²) >= 11 is 0. The van der Waals surface area contributed by atoms with Gasteiger partial charge in [-0.15, -0.1) is 0 Å². The van der Waals surface area contributed by atoms with Gasteiger partial charge in [0.05, 0.1) is 35.5 Å². The van der Waals surface area contributed by atoms with E-state index in [4.69, 9.17) is 0 Å². The van der Waals surface area contributed by atoms with E-state index in [1.54, 1.807) is 6.92 Å². The Morgan fingerprint density at radius 1 is 1.30 bits per heavy atom. The SMILES string of the molecule is CCN(C)c1c(F)c(C(F)(F)F)c(-c2cn3cc(NC=O)nc3cn2)c2cn[nH]c12. The number of nitrogens with zero attached hydrogens (tertiary/aromatic N) is 5. The highest BCUT2D eigenvalue weighted by Gasteiger charge is 2.41. The van der Waals surface area contributed by atoms with Crippen molar-refractivity contribution in [3.8, 4) is 11.3 Å². The number of hydrogen-bond donors (Lipinski definition) is 2. The summed E-state index contributed by atoms with van der Waals surface area (Å²) in [4.78, 5) is 20.1. The zero-order valence-electron chi connectivity index (χ0n) is 15.8. The number of nitrogens with one attached hydrogen (secondary N) is 2. The van der Waals surface area contributed by atoms with Crippen LogP contribution >= 0.6 is 0 Å². The Morgan fingerprint density at radius 2 is 2.07 bits per heavy atom. The summed E-state index contributed by atoms with van der Waals surface area (Å²) in [6.07, 6.45) is 0.588. The maximum atomic E-state index is 15.3. The van der Waals surface area contributed by atoms with Gasteiger partial charge in [0.25, 0.3) is 0 Å². The quantitative estimate of drug-likeness (QED) is 0.381. The van der Waals surface area contributed by atoms with Crippen molar-refractivity contribution in [2.75, 3.05) is 23.8 Å². The smallest absolute Gasteiger partial charge is 0.371 e. The summed E-state index contributed by atoms with van der Waals surface area (Å²) in [5.74, 6) is -1.21. The maximum absolute atomic E-state index is 15.3. The van der Waals surface area contributed by atoms with Gasteiger partial charge in [0.15, 0.2) is 17.3 Å². The van der Waals surface area contributed by atoms with Crippen LogP contribution in [0.3, 0.4) is 0 Å². The number of fused-ring (bicyclic) bond motifs is 2. The molecule has 0 spiro atoms. The minimum Gasteiger partial charge on any atom is -0.371 e. The third-order valence-corrected chi connectivity index (χ3v) is 4.77. The molecular formula is C18H15F4N7O. The van der Waals surface area contributed by atoms with Gasteiger partial charge in [-0.3, -0.25) is 14.9 Å². The van der Waals surface area contributed by atoms with Gasteiger partial charge in [-0.25, -0.2) is 9.37 Å². The number of H-pyrrole nitrogens is 1. The molecule has 0 saturated carbocycles. The van der Waals surface area contributed by atoms with Gasteiger partial charge in [0, 0.05) is 30.7 Å². The molecule has 0 aliphatic heterocycles. The molecule has 0 radical (unpaired) electrons. The lowest BCUT2D eigenvalue weighted by Gasteiger charge is -2.23. The molecule has 0 fully saturated rings. The van der Waals surface area contributed by atoms with Crippen molar-refractivity contribution in [2.45, 2.75) is 13.1 Å². The van der Waals surface area contributed by atoms with Gasteiger partial charge in [-0.2, -0.15) is 18.3 Å². The number of carbonyl (C=O) groups is 1. The van der Waals surface area contributed by atoms with Crippen molar-refractivity contribution in [3.05, 3.63) is 36.2 Å². The van der Waals surface area contributed by atoms with Gasteiger partial charge in [-0.05, 0) is 6.92 Å². The minimum absolute atomic E-state index is 0.0808.